The molecule has 2 rings (SSSR count). The molecule has 0 saturated heterocycles. The highest BCUT2D eigenvalue weighted by Crippen LogP contribution is 2.24. The summed E-state index contributed by atoms with van der Waals surface area (Å²) in [7, 11) is 0. The Bertz CT molecular complexity index is 742. The summed E-state index contributed by atoms with van der Waals surface area (Å²) in [5.41, 5.74) is 2.79. The van der Waals surface area contributed by atoms with E-state index in [9.17, 15) is 9.59 Å². The monoisotopic (exact) mass is 343 g/mol. The predicted octanol–water partition coefficient (Wildman–Crippen LogP) is 3.15. The lowest BCUT2D eigenvalue weighted by Gasteiger charge is -2.20. The maximum Gasteiger partial charge on any atom is 0.305 e. The SMILES string of the molecule is CC(NC(=O)c1cnn(CCC(=O)O)c1)c1ccc(C(C)(C)C)cc1. The zero-order chi connectivity index (χ0) is 18.6. The minimum Gasteiger partial charge on any atom is -0.481 e. The van der Waals surface area contributed by atoms with Crippen LogP contribution in [0, 0.1) is 0 Å². The summed E-state index contributed by atoms with van der Waals surface area (Å²) in [5, 5.41) is 15.6. The van der Waals surface area contributed by atoms with Gasteiger partial charge >= 0.3 is 5.97 Å². The van der Waals surface area contributed by atoms with E-state index in [0.717, 1.165) is 5.56 Å². The lowest BCUT2D eigenvalue weighted by Crippen LogP contribution is -2.26. The van der Waals surface area contributed by atoms with Crippen LogP contribution in [0.1, 0.15) is 61.6 Å². The largest absolute Gasteiger partial charge is 0.481 e. The number of carbonyl (C=O) groups is 2. The normalized spacial score (nSPS) is 12.6. The smallest absolute Gasteiger partial charge is 0.305 e. The lowest BCUT2D eigenvalue weighted by atomic mass is 9.86. The zero-order valence-corrected chi connectivity index (χ0v) is 15.1. The number of rotatable bonds is 6. The highest BCUT2D eigenvalue weighted by atomic mass is 16.4. The summed E-state index contributed by atoms with van der Waals surface area (Å²) in [6.07, 6.45) is 2.99. The van der Waals surface area contributed by atoms with E-state index >= 15 is 0 Å². The Morgan fingerprint density at radius 3 is 2.44 bits per heavy atom. The van der Waals surface area contributed by atoms with E-state index < -0.39 is 5.97 Å². The van der Waals surface area contributed by atoms with Gasteiger partial charge in [-0.3, -0.25) is 14.3 Å². The number of amides is 1. The van der Waals surface area contributed by atoms with Gasteiger partial charge in [-0.25, -0.2) is 0 Å². The molecule has 1 aromatic heterocycles. The number of aromatic nitrogens is 2. The average Bonchev–Trinajstić information content (AvgIpc) is 3.01. The average molecular weight is 343 g/mol. The number of aliphatic carboxylic acids is 1. The van der Waals surface area contributed by atoms with Crippen LogP contribution in [-0.2, 0) is 16.8 Å². The summed E-state index contributed by atoms with van der Waals surface area (Å²) in [5.74, 6) is -1.12. The first-order valence-corrected chi connectivity index (χ1v) is 8.32. The van der Waals surface area contributed by atoms with Crippen molar-refractivity contribution in [3.8, 4) is 0 Å². The van der Waals surface area contributed by atoms with Gasteiger partial charge in [-0.05, 0) is 23.5 Å². The van der Waals surface area contributed by atoms with Gasteiger partial charge < -0.3 is 10.4 Å². The van der Waals surface area contributed by atoms with Crippen molar-refractivity contribution in [2.45, 2.75) is 52.1 Å². The number of hydrogen-bond donors (Lipinski definition) is 2. The van der Waals surface area contributed by atoms with Gasteiger partial charge in [-0.15, -0.1) is 0 Å². The fourth-order valence-electron chi connectivity index (χ4n) is 2.45. The second kappa shape index (κ2) is 7.51. The molecule has 2 N–H and O–H groups in total. The Kier molecular flexibility index (Phi) is 5.62. The molecule has 0 aliphatic rings. The van der Waals surface area contributed by atoms with Crippen LogP contribution in [0.25, 0.3) is 0 Å². The first-order chi connectivity index (χ1) is 11.7. The Balaban J connectivity index is 1.99. The van der Waals surface area contributed by atoms with Crippen molar-refractivity contribution in [1.82, 2.24) is 15.1 Å². The molecule has 2 aromatic rings. The Labute approximate surface area is 147 Å². The first kappa shape index (κ1) is 18.7. The molecule has 1 unspecified atom stereocenters. The summed E-state index contributed by atoms with van der Waals surface area (Å²) >= 11 is 0. The van der Waals surface area contributed by atoms with Crippen LogP contribution in [0.3, 0.4) is 0 Å². The minimum atomic E-state index is -0.895. The van der Waals surface area contributed by atoms with E-state index in [-0.39, 0.29) is 30.3 Å². The van der Waals surface area contributed by atoms with Gasteiger partial charge in [0.2, 0.25) is 0 Å². The van der Waals surface area contributed by atoms with Crippen LogP contribution >= 0.6 is 0 Å². The molecule has 1 heterocycles. The Morgan fingerprint density at radius 2 is 1.88 bits per heavy atom. The number of carbonyl (C=O) groups excluding carboxylic acids is 1. The molecule has 0 bridgehead atoms. The fraction of sp³-hybridized carbons (Fsp3) is 0.421. The summed E-state index contributed by atoms with van der Waals surface area (Å²) in [6, 6.07) is 8.09. The molecular weight excluding hydrogens is 318 g/mol. The molecule has 134 valence electrons. The van der Waals surface area contributed by atoms with E-state index in [1.165, 1.54) is 16.4 Å². The van der Waals surface area contributed by atoms with E-state index in [2.05, 4.69) is 43.3 Å². The molecule has 0 spiro atoms. The molecule has 1 amide bonds. The Hall–Kier alpha value is -2.63. The summed E-state index contributed by atoms with van der Waals surface area (Å²) in [4.78, 5) is 22.9. The molecule has 6 heteroatoms. The number of carboxylic acids is 1. The number of aryl methyl sites for hydroxylation is 1. The molecule has 0 radical (unpaired) electrons. The van der Waals surface area contributed by atoms with Crippen LogP contribution in [0.15, 0.2) is 36.7 Å². The zero-order valence-electron chi connectivity index (χ0n) is 15.1. The predicted molar refractivity (Wildman–Crippen MR) is 95.5 cm³/mol. The topological polar surface area (TPSA) is 84.2 Å². The molecule has 6 nitrogen and oxygen atoms in total. The summed E-state index contributed by atoms with van der Waals surface area (Å²) in [6.45, 7) is 8.66. The van der Waals surface area contributed by atoms with E-state index in [0.29, 0.717) is 5.56 Å². The molecule has 0 aliphatic carbocycles. The van der Waals surface area contributed by atoms with Gasteiger partial charge in [0.1, 0.15) is 0 Å². The molecule has 1 aromatic carbocycles. The van der Waals surface area contributed by atoms with Crippen LogP contribution in [0.4, 0.5) is 0 Å². The van der Waals surface area contributed by atoms with Crippen molar-refractivity contribution < 1.29 is 14.7 Å². The van der Waals surface area contributed by atoms with Crippen LogP contribution < -0.4 is 5.32 Å². The van der Waals surface area contributed by atoms with Gasteiger partial charge in [0.25, 0.3) is 5.91 Å². The van der Waals surface area contributed by atoms with Crippen molar-refractivity contribution in [2.24, 2.45) is 0 Å². The van der Waals surface area contributed by atoms with Crippen molar-refractivity contribution in [3.63, 3.8) is 0 Å². The highest BCUT2D eigenvalue weighted by molar-refractivity contribution is 5.93. The fourth-order valence-corrected chi connectivity index (χ4v) is 2.45. The summed E-state index contributed by atoms with van der Waals surface area (Å²) < 4.78 is 1.46. The van der Waals surface area contributed by atoms with Crippen molar-refractivity contribution in [2.75, 3.05) is 0 Å². The molecule has 0 aliphatic heterocycles. The van der Waals surface area contributed by atoms with Crippen molar-refractivity contribution in [3.05, 3.63) is 53.3 Å². The third-order valence-electron chi connectivity index (χ3n) is 4.07. The van der Waals surface area contributed by atoms with Crippen molar-refractivity contribution >= 4 is 11.9 Å². The van der Waals surface area contributed by atoms with Gasteiger partial charge in [0, 0.05) is 6.20 Å². The number of hydrogen-bond acceptors (Lipinski definition) is 3. The Morgan fingerprint density at radius 1 is 1.24 bits per heavy atom. The minimum absolute atomic E-state index is 0.0285. The van der Waals surface area contributed by atoms with E-state index in [1.807, 2.05) is 19.1 Å². The van der Waals surface area contributed by atoms with Gasteiger partial charge in [0.15, 0.2) is 0 Å². The van der Waals surface area contributed by atoms with Crippen LogP contribution in [0.2, 0.25) is 0 Å². The van der Waals surface area contributed by atoms with Crippen LogP contribution in [0.5, 0.6) is 0 Å². The number of benzene rings is 1. The van der Waals surface area contributed by atoms with Crippen LogP contribution in [-0.4, -0.2) is 26.8 Å². The molecular formula is C19H25N3O3. The number of nitrogens with one attached hydrogen (secondary N) is 1. The molecule has 0 saturated carbocycles. The van der Waals surface area contributed by atoms with Gasteiger partial charge in [0.05, 0.1) is 30.8 Å². The number of carboxylic acid groups (broad SMARTS) is 1. The lowest BCUT2D eigenvalue weighted by molar-refractivity contribution is -0.137. The van der Waals surface area contributed by atoms with Crippen molar-refractivity contribution in [1.29, 1.82) is 0 Å². The quantitative estimate of drug-likeness (QED) is 0.844. The standard InChI is InChI=1S/C19H25N3O3/c1-13(14-5-7-16(8-6-14)19(2,3)4)21-18(25)15-11-20-22(12-15)10-9-17(23)24/h5-8,11-13H,9-10H2,1-4H3,(H,21,25)(H,23,24). The van der Waals surface area contributed by atoms with Gasteiger partial charge in [-0.1, -0.05) is 45.0 Å². The molecule has 0 fully saturated rings. The first-order valence-electron chi connectivity index (χ1n) is 8.32. The maximum absolute atomic E-state index is 12.3. The second-order valence-corrected chi connectivity index (χ2v) is 7.20. The third-order valence-corrected chi connectivity index (χ3v) is 4.07. The highest BCUT2D eigenvalue weighted by Gasteiger charge is 2.16. The second-order valence-electron chi connectivity index (χ2n) is 7.20. The number of nitrogens with zero attached hydrogens (tertiary/aromatic N) is 2. The maximum atomic E-state index is 12.3. The molecule has 1 atom stereocenters. The third kappa shape index (κ3) is 5.17. The van der Waals surface area contributed by atoms with E-state index in [4.69, 9.17) is 5.11 Å². The molecule has 25 heavy (non-hydrogen) atoms. The van der Waals surface area contributed by atoms with E-state index in [1.54, 1.807) is 6.20 Å². The van der Waals surface area contributed by atoms with Gasteiger partial charge in [-0.2, -0.15) is 5.10 Å².